The van der Waals surface area contributed by atoms with Crippen LogP contribution in [0.15, 0.2) is 54.1 Å². The molecule has 2 fully saturated rings. The van der Waals surface area contributed by atoms with Crippen molar-refractivity contribution < 1.29 is 38.7 Å². The first-order valence-corrected chi connectivity index (χ1v) is 12.4. The van der Waals surface area contributed by atoms with Gasteiger partial charge in [-0.25, -0.2) is 0 Å². The van der Waals surface area contributed by atoms with Crippen LogP contribution < -0.4 is 9.47 Å². The fourth-order valence-corrected chi connectivity index (χ4v) is 4.44. The van der Waals surface area contributed by atoms with E-state index in [4.69, 9.17) is 23.7 Å². The van der Waals surface area contributed by atoms with Gasteiger partial charge in [0, 0.05) is 5.56 Å². The molecule has 0 spiro atoms. The Hall–Kier alpha value is -2.75. The maximum Gasteiger partial charge on any atom is 0.229 e. The van der Waals surface area contributed by atoms with Gasteiger partial charge < -0.3 is 33.9 Å². The number of rotatable bonds is 10. The lowest BCUT2D eigenvalue weighted by Gasteiger charge is -2.46. The summed E-state index contributed by atoms with van der Waals surface area (Å²) < 4.78 is 29.3. The molecular formula is C28H34O8. The van der Waals surface area contributed by atoms with E-state index in [0.29, 0.717) is 17.6 Å². The van der Waals surface area contributed by atoms with Crippen molar-refractivity contribution >= 4 is 12.4 Å². The van der Waals surface area contributed by atoms with Gasteiger partial charge in [0.2, 0.25) is 6.29 Å². The zero-order valence-electron chi connectivity index (χ0n) is 20.6. The van der Waals surface area contributed by atoms with E-state index in [1.54, 1.807) is 12.1 Å². The smallest absolute Gasteiger partial charge is 0.229 e. The molecule has 4 rings (SSSR count). The second-order valence-electron chi connectivity index (χ2n) is 9.02. The summed E-state index contributed by atoms with van der Waals surface area (Å²) in [4.78, 5) is 11.1. The number of benzene rings is 2. The molecule has 2 N–H and O–H groups in total. The minimum Gasteiger partial charge on any atom is -0.493 e. The van der Waals surface area contributed by atoms with Gasteiger partial charge >= 0.3 is 0 Å². The van der Waals surface area contributed by atoms with Gasteiger partial charge in [-0.3, -0.25) is 4.79 Å². The van der Waals surface area contributed by atoms with E-state index >= 15 is 0 Å². The molecule has 8 heteroatoms. The van der Waals surface area contributed by atoms with Crippen LogP contribution in [-0.4, -0.2) is 67.2 Å². The lowest BCUT2D eigenvalue weighted by atomic mass is 9.97. The van der Waals surface area contributed by atoms with Crippen LogP contribution in [0.4, 0.5) is 0 Å². The van der Waals surface area contributed by atoms with Gasteiger partial charge in [0.15, 0.2) is 17.8 Å². The SMILES string of the molecule is CCCCCC(=Cc1ccccc1)C1OC[C@H]2O[C@@H](Oc3ccc(C=O)cc3OC)[C@H](O)[C@@H](O)[C@@H]2O1. The van der Waals surface area contributed by atoms with Gasteiger partial charge in [0.25, 0.3) is 0 Å². The summed E-state index contributed by atoms with van der Waals surface area (Å²) in [5.74, 6) is 0.586. The topological polar surface area (TPSA) is 104 Å². The summed E-state index contributed by atoms with van der Waals surface area (Å²) in [5, 5.41) is 21.7. The van der Waals surface area contributed by atoms with Crippen molar-refractivity contribution in [3.63, 3.8) is 0 Å². The number of unbranched alkanes of at least 4 members (excludes halogenated alkanes) is 2. The van der Waals surface area contributed by atoms with E-state index < -0.39 is 37.0 Å². The molecule has 2 heterocycles. The minimum absolute atomic E-state index is 0.167. The molecule has 0 aromatic heterocycles. The Kier molecular flexibility index (Phi) is 9.12. The molecule has 2 aromatic rings. The number of carbonyl (C=O) groups excluding carboxylic acids is 1. The van der Waals surface area contributed by atoms with Gasteiger partial charge in [-0.15, -0.1) is 0 Å². The molecule has 2 aromatic carbocycles. The maximum atomic E-state index is 11.1. The van der Waals surface area contributed by atoms with E-state index in [-0.39, 0.29) is 12.4 Å². The molecule has 2 aliphatic heterocycles. The van der Waals surface area contributed by atoms with Gasteiger partial charge in [-0.1, -0.05) is 56.2 Å². The van der Waals surface area contributed by atoms with E-state index in [0.717, 1.165) is 36.8 Å². The second kappa shape index (κ2) is 12.5. The lowest BCUT2D eigenvalue weighted by Crippen LogP contribution is -2.64. The molecule has 8 nitrogen and oxygen atoms in total. The highest BCUT2D eigenvalue weighted by Gasteiger charge is 2.50. The fourth-order valence-electron chi connectivity index (χ4n) is 4.44. The van der Waals surface area contributed by atoms with E-state index in [9.17, 15) is 15.0 Å². The number of aldehydes is 1. The third-order valence-electron chi connectivity index (χ3n) is 6.42. The molecule has 0 radical (unpaired) electrons. The molecule has 2 saturated heterocycles. The first-order chi connectivity index (χ1) is 17.5. The summed E-state index contributed by atoms with van der Waals surface area (Å²) in [5.41, 5.74) is 2.44. The molecule has 6 atom stereocenters. The van der Waals surface area contributed by atoms with Gasteiger partial charge in [0.05, 0.1) is 13.7 Å². The van der Waals surface area contributed by atoms with Crippen LogP contribution in [0.2, 0.25) is 0 Å². The van der Waals surface area contributed by atoms with Crippen LogP contribution in [0.1, 0.15) is 48.5 Å². The van der Waals surface area contributed by atoms with Gasteiger partial charge in [-0.2, -0.15) is 0 Å². The Labute approximate surface area is 211 Å². The van der Waals surface area contributed by atoms with E-state index in [1.165, 1.54) is 13.2 Å². The number of methoxy groups -OCH3 is 1. The Morgan fingerprint density at radius 3 is 2.56 bits per heavy atom. The average molecular weight is 499 g/mol. The third-order valence-corrected chi connectivity index (χ3v) is 6.42. The van der Waals surface area contributed by atoms with E-state index in [1.807, 2.05) is 30.3 Å². The van der Waals surface area contributed by atoms with Crippen LogP contribution in [0.5, 0.6) is 11.5 Å². The number of aliphatic hydroxyl groups excluding tert-OH is 2. The number of fused-ring (bicyclic) bond motifs is 1. The second-order valence-corrected chi connectivity index (χ2v) is 9.02. The number of carbonyl (C=O) groups is 1. The zero-order chi connectivity index (χ0) is 25.5. The van der Waals surface area contributed by atoms with Crippen LogP contribution in [0.3, 0.4) is 0 Å². The van der Waals surface area contributed by atoms with Crippen molar-refractivity contribution in [2.45, 2.75) is 69.6 Å². The van der Waals surface area contributed by atoms with Crippen molar-refractivity contribution in [2.75, 3.05) is 13.7 Å². The summed E-state index contributed by atoms with van der Waals surface area (Å²) in [6.45, 7) is 2.32. The fraction of sp³-hybridized carbons (Fsp3) is 0.464. The summed E-state index contributed by atoms with van der Waals surface area (Å²) >= 11 is 0. The number of aliphatic hydroxyl groups is 2. The van der Waals surface area contributed by atoms with E-state index in [2.05, 4.69) is 13.0 Å². The third kappa shape index (κ3) is 6.14. The lowest BCUT2D eigenvalue weighted by molar-refractivity contribution is -0.340. The highest BCUT2D eigenvalue weighted by Crippen LogP contribution is 2.35. The number of hydrogen-bond acceptors (Lipinski definition) is 8. The van der Waals surface area contributed by atoms with Crippen molar-refractivity contribution in [1.29, 1.82) is 0 Å². The van der Waals surface area contributed by atoms with Crippen LogP contribution in [0.25, 0.3) is 6.08 Å². The largest absolute Gasteiger partial charge is 0.493 e. The first-order valence-electron chi connectivity index (χ1n) is 12.4. The number of ether oxygens (including phenoxy) is 5. The molecule has 36 heavy (non-hydrogen) atoms. The average Bonchev–Trinajstić information content (AvgIpc) is 2.91. The Morgan fingerprint density at radius 1 is 1.03 bits per heavy atom. The van der Waals surface area contributed by atoms with Gasteiger partial charge in [0.1, 0.15) is 30.7 Å². The summed E-state index contributed by atoms with van der Waals surface area (Å²) in [7, 11) is 1.45. The first kappa shape index (κ1) is 26.3. The molecule has 0 aliphatic carbocycles. The number of hydrogen-bond donors (Lipinski definition) is 2. The highest BCUT2D eigenvalue weighted by molar-refractivity contribution is 5.76. The molecule has 1 unspecified atom stereocenters. The molecule has 2 aliphatic rings. The van der Waals surface area contributed by atoms with Gasteiger partial charge in [-0.05, 0) is 42.2 Å². The monoisotopic (exact) mass is 498 g/mol. The van der Waals surface area contributed by atoms with Crippen LogP contribution >= 0.6 is 0 Å². The zero-order valence-corrected chi connectivity index (χ0v) is 20.6. The quantitative estimate of drug-likeness (QED) is 0.377. The molecule has 0 saturated carbocycles. The predicted molar refractivity (Wildman–Crippen MR) is 133 cm³/mol. The highest BCUT2D eigenvalue weighted by atomic mass is 16.8. The van der Waals surface area contributed by atoms with Crippen LogP contribution in [-0.2, 0) is 14.2 Å². The molecular weight excluding hydrogens is 464 g/mol. The Morgan fingerprint density at radius 2 is 1.83 bits per heavy atom. The van der Waals surface area contributed by atoms with Crippen molar-refractivity contribution in [1.82, 2.24) is 0 Å². The minimum atomic E-state index is -1.37. The Balaban J connectivity index is 1.47. The predicted octanol–water partition coefficient (Wildman–Crippen LogP) is 3.74. The molecule has 194 valence electrons. The van der Waals surface area contributed by atoms with Crippen molar-refractivity contribution in [3.05, 3.63) is 65.2 Å². The van der Waals surface area contributed by atoms with Crippen LogP contribution in [0, 0.1) is 0 Å². The molecule has 0 amide bonds. The summed E-state index contributed by atoms with van der Waals surface area (Å²) in [6, 6.07) is 14.6. The molecule has 0 bridgehead atoms. The van der Waals surface area contributed by atoms with Crippen molar-refractivity contribution in [2.24, 2.45) is 0 Å². The maximum absolute atomic E-state index is 11.1. The van der Waals surface area contributed by atoms with Crippen molar-refractivity contribution in [3.8, 4) is 11.5 Å². The normalized spacial score (nSPS) is 28.3. The Bertz CT molecular complexity index is 1020. The standard InChI is InChI=1S/C28H34O8/c1-3-4-6-11-20(14-18-9-7-5-8-10-18)27-33-17-23-26(36-27)24(30)25(31)28(35-23)34-21-13-12-19(16-29)15-22(21)32-2/h5,7-10,12-16,23-28,30-31H,3-4,6,11,17H2,1-2H3/t23-,24-,25-,26-,27?,28-/m1/s1. The summed E-state index contributed by atoms with van der Waals surface area (Å²) in [6.07, 6.45) is 0.854.